The first kappa shape index (κ1) is 19.8. The molecule has 30 heavy (non-hydrogen) atoms. The Labute approximate surface area is 174 Å². The van der Waals surface area contributed by atoms with E-state index < -0.39 is 0 Å². The molecule has 0 spiro atoms. The van der Waals surface area contributed by atoms with E-state index in [1.807, 2.05) is 35.2 Å². The van der Waals surface area contributed by atoms with Gasteiger partial charge in [0.15, 0.2) is 0 Å². The fourth-order valence-electron chi connectivity index (χ4n) is 3.77. The number of carbonyl (C=O) groups is 3. The van der Waals surface area contributed by atoms with Gasteiger partial charge in [-0.2, -0.15) is 0 Å². The maximum Gasteiger partial charge on any atom is 0.277 e. The van der Waals surface area contributed by atoms with E-state index in [1.54, 1.807) is 4.90 Å². The molecule has 0 atom stereocenters. The standard InChI is InChI=1S/C23H22FN3O3/c24-19-9-7-18(8-10-19)22(29)26-12-4-11-25(13-14-26)20-15-21(28)27(23(20)30)16-17-5-2-1-3-6-17/h1-3,5-10,15H,4,11-14,16H2. The van der Waals surface area contributed by atoms with Gasteiger partial charge in [-0.25, -0.2) is 4.39 Å². The minimum absolute atomic E-state index is 0.162. The number of halogens is 1. The van der Waals surface area contributed by atoms with E-state index >= 15 is 0 Å². The summed E-state index contributed by atoms with van der Waals surface area (Å²) < 4.78 is 13.1. The Bertz CT molecular complexity index is 989. The summed E-state index contributed by atoms with van der Waals surface area (Å²) in [7, 11) is 0. The summed E-state index contributed by atoms with van der Waals surface area (Å²) in [6, 6.07) is 14.9. The van der Waals surface area contributed by atoms with Gasteiger partial charge in [0.25, 0.3) is 17.7 Å². The van der Waals surface area contributed by atoms with Gasteiger partial charge in [0, 0.05) is 37.8 Å². The van der Waals surface area contributed by atoms with Crippen LogP contribution in [0.1, 0.15) is 22.3 Å². The van der Waals surface area contributed by atoms with Crippen molar-refractivity contribution in [2.24, 2.45) is 0 Å². The molecule has 4 rings (SSSR count). The molecule has 2 aliphatic rings. The quantitative estimate of drug-likeness (QED) is 0.731. The number of amides is 3. The third kappa shape index (κ3) is 4.10. The number of imide groups is 1. The van der Waals surface area contributed by atoms with Gasteiger partial charge in [-0.3, -0.25) is 19.3 Å². The van der Waals surface area contributed by atoms with Crippen LogP contribution in [-0.2, 0) is 16.1 Å². The number of benzene rings is 2. The average molecular weight is 407 g/mol. The zero-order valence-electron chi connectivity index (χ0n) is 16.5. The minimum atomic E-state index is -0.384. The second-order valence-electron chi connectivity index (χ2n) is 7.38. The molecule has 2 aliphatic heterocycles. The van der Waals surface area contributed by atoms with Crippen LogP contribution in [0.3, 0.4) is 0 Å². The normalized spacial score (nSPS) is 17.2. The molecule has 0 unspecified atom stereocenters. The maximum absolute atomic E-state index is 13.1. The molecule has 2 aromatic rings. The second kappa shape index (κ2) is 8.49. The van der Waals surface area contributed by atoms with E-state index in [1.165, 1.54) is 35.2 Å². The molecule has 2 heterocycles. The van der Waals surface area contributed by atoms with Crippen LogP contribution in [0.4, 0.5) is 4.39 Å². The van der Waals surface area contributed by atoms with Crippen molar-refractivity contribution >= 4 is 17.7 Å². The first-order valence-corrected chi connectivity index (χ1v) is 9.94. The van der Waals surface area contributed by atoms with Crippen LogP contribution in [0.15, 0.2) is 66.4 Å². The average Bonchev–Trinajstić information content (AvgIpc) is 2.93. The number of carbonyl (C=O) groups excluding carboxylic acids is 3. The fraction of sp³-hybridized carbons (Fsp3) is 0.261. The fourth-order valence-corrected chi connectivity index (χ4v) is 3.77. The highest BCUT2D eigenvalue weighted by atomic mass is 19.1. The first-order valence-electron chi connectivity index (χ1n) is 9.94. The second-order valence-corrected chi connectivity index (χ2v) is 7.38. The summed E-state index contributed by atoms with van der Waals surface area (Å²) in [6.45, 7) is 2.24. The van der Waals surface area contributed by atoms with E-state index in [0.717, 1.165) is 5.56 Å². The van der Waals surface area contributed by atoms with E-state index in [2.05, 4.69) is 0 Å². The molecule has 0 radical (unpaired) electrons. The molecular formula is C23H22FN3O3. The van der Waals surface area contributed by atoms with Gasteiger partial charge in [0.1, 0.15) is 11.5 Å². The molecule has 3 amide bonds. The van der Waals surface area contributed by atoms with E-state index in [0.29, 0.717) is 43.9 Å². The largest absolute Gasteiger partial charge is 0.365 e. The van der Waals surface area contributed by atoms with Crippen molar-refractivity contribution in [3.05, 3.63) is 83.3 Å². The Balaban J connectivity index is 1.41. The van der Waals surface area contributed by atoms with Crippen LogP contribution in [0.5, 0.6) is 0 Å². The lowest BCUT2D eigenvalue weighted by Crippen LogP contribution is -2.37. The highest BCUT2D eigenvalue weighted by Crippen LogP contribution is 2.21. The first-order chi connectivity index (χ1) is 14.5. The Morgan fingerprint density at radius 3 is 2.37 bits per heavy atom. The maximum atomic E-state index is 13.1. The smallest absolute Gasteiger partial charge is 0.277 e. The number of rotatable bonds is 4. The number of hydrogen-bond acceptors (Lipinski definition) is 4. The van der Waals surface area contributed by atoms with Gasteiger partial charge in [0.2, 0.25) is 0 Å². The predicted octanol–water partition coefficient (Wildman–Crippen LogP) is 2.43. The summed E-state index contributed by atoms with van der Waals surface area (Å²) in [6.07, 6.45) is 2.06. The lowest BCUT2D eigenvalue weighted by Gasteiger charge is -2.24. The molecule has 154 valence electrons. The third-order valence-electron chi connectivity index (χ3n) is 5.39. The highest BCUT2D eigenvalue weighted by Gasteiger charge is 2.35. The number of hydrogen-bond donors (Lipinski definition) is 0. The van der Waals surface area contributed by atoms with Crippen LogP contribution >= 0.6 is 0 Å². The minimum Gasteiger partial charge on any atom is -0.365 e. The van der Waals surface area contributed by atoms with E-state index in [-0.39, 0.29) is 30.1 Å². The third-order valence-corrected chi connectivity index (χ3v) is 5.39. The Morgan fingerprint density at radius 2 is 1.63 bits per heavy atom. The lowest BCUT2D eigenvalue weighted by molar-refractivity contribution is -0.138. The molecule has 6 nitrogen and oxygen atoms in total. The summed E-state index contributed by atoms with van der Waals surface area (Å²) in [5.74, 6) is -1.17. The SMILES string of the molecule is O=C(c1ccc(F)cc1)N1CCCN(C2=CC(=O)N(Cc3ccccc3)C2=O)CC1. The van der Waals surface area contributed by atoms with Crippen molar-refractivity contribution in [1.82, 2.24) is 14.7 Å². The van der Waals surface area contributed by atoms with Crippen molar-refractivity contribution in [2.45, 2.75) is 13.0 Å². The predicted molar refractivity (Wildman–Crippen MR) is 109 cm³/mol. The van der Waals surface area contributed by atoms with Crippen molar-refractivity contribution in [3.63, 3.8) is 0 Å². The van der Waals surface area contributed by atoms with Crippen LogP contribution < -0.4 is 0 Å². The van der Waals surface area contributed by atoms with Gasteiger partial charge in [-0.1, -0.05) is 30.3 Å². The summed E-state index contributed by atoms with van der Waals surface area (Å²) in [4.78, 5) is 42.8. The molecule has 1 fully saturated rings. The van der Waals surface area contributed by atoms with Gasteiger partial charge < -0.3 is 9.80 Å². The van der Waals surface area contributed by atoms with Crippen molar-refractivity contribution in [2.75, 3.05) is 26.2 Å². The lowest BCUT2D eigenvalue weighted by atomic mass is 10.2. The van der Waals surface area contributed by atoms with Gasteiger partial charge in [0.05, 0.1) is 6.54 Å². The van der Waals surface area contributed by atoms with Crippen molar-refractivity contribution in [1.29, 1.82) is 0 Å². The number of nitrogens with zero attached hydrogens (tertiary/aromatic N) is 3. The topological polar surface area (TPSA) is 60.9 Å². The molecule has 2 aromatic carbocycles. The Morgan fingerprint density at radius 1 is 0.900 bits per heavy atom. The van der Waals surface area contributed by atoms with Crippen molar-refractivity contribution < 1.29 is 18.8 Å². The van der Waals surface area contributed by atoms with Crippen LogP contribution in [-0.4, -0.2) is 58.6 Å². The summed E-state index contributed by atoms with van der Waals surface area (Å²) >= 11 is 0. The van der Waals surface area contributed by atoms with Gasteiger partial charge >= 0.3 is 0 Å². The zero-order chi connectivity index (χ0) is 21.1. The zero-order valence-corrected chi connectivity index (χ0v) is 16.5. The van der Waals surface area contributed by atoms with Gasteiger partial charge in [-0.05, 0) is 36.2 Å². The molecule has 7 heteroatoms. The van der Waals surface area contributed by atoms with E-state index in [9.17, 15) is 18.8 Å². The Hall–Kier alpha value is -3.48. The van der Waals surface area contributed by atoms with Crippen LogP contribution in [0, 0.1) is 5.82 Å². The van der Waals surface area contributed by atoms with E-state index in [4.69, 9.17) is 0 Å². The molecule has 0 bridgehead atoms. The van der Waals surface area contributed by atoms with Gasteiger partial charge in [-0.15, -0.1) is 0 Å². The summed E-state index contributed by atoms with van der Waals surface area (Å²) in [5.41, 5.74) is 1.71. The van der Waals surface area contributed by atoms with Crippen molar-refractivity contribution in [3.8, 4) is 0 Å². The van der Waals surface area contributed by atoms with Crippen LogP contribution in [0.25, 0.3) is 0 Å². The van der Waals surface area contributed by atoms with Crippen LogP contribution in [0.2, 0.25) is 0 Å². The molecule has 0 saturated carbocycles. The molecule has 0 aromatic heterocycles. The molecule has 1 saturated heterocycles. The summed E-state index contributed by atoms with van der Waals surface area (Å²) in [5, 5.41) is 0. The molecule has 0 aliphatic carbocycles. The molecular weight excluding hydrogens is 385 g/mol. The highest BCUT2D eigenvalue weighted by molar-refractivity contribution is 6.15. The molecule has 0 N–H and O–H groups in total. The monoisotopic (exact) mass is 407 g/mol. The Kier molecular flexibility index (Phi) is 5.61.